The smallest absolute Gasteiger partial charge is 0.219 e. The highest BCUT2D eigenvalue weighted by atomic mass is 16.4. The number of aryl methyl sites for hydroxylation is 1. The first-order chi connectivity index (χ1) is 13.5. The standard InChI is InChI=1S/C19H29N7O2/c1-13-22-23-19(28-13)14-4-6-25(7-5-14)17-9-18(21-12-20-17)26-11-16(27)8-15(26)10-24(2)3/h9,12,14-16,27H,4-8,10-11H2,1-3H3/t15-,16-/m1/s1. The Hall–Kier alpha value is -2.26. The van der Waals surface area contributed by atoms with Gasteiger partial charge in [-0.3, -0.25) is 0 Å². The summed E-state index contributed by atoms with van der Waals surface area (Å²) >= 11 is 0. The van der Waals surface area contributed by atoms with Crippen molar-refractivity contribution in [3.05, 3.63) is 24.2 Å². The molecule has 0 radical (unpaired) electrons. The molecule has 0 unspecified atom stereocenters. The molecule has 2 aliphatic heterocycles. The molecule has 0 amide bonds. The molecule has 0 aliphatic carbocycles. The zero-order valence-corrected chi connectivity index (χ0v) is 16.8. The number of aliphatic hydroxyl groups is 1. The summed E-state index contributed by atoms with van der Waals surface area (Å²) in [7, 11) is 4.12. The maximum absolute atomic E-state index is 10.2. The number of hydrogen-bond donors (Lipinski definition) is 1. The van der Waals surface area contributed by atoms with Crippen LogP contribution in [0.3, 0.4) is 0 Å². The van der Waals surface area contributed by atoms with Crippen LogP contribution in [-0.4, -0.2) is 82.6 Å². The molecule has 2 atom stereocenters. The summed E-state index contributed by atoms with van der Waals surface area (Å²) in [6.07, 6.45) is 4.03. The number of aliphatic hydroxyl groups excluding tert-OH is 1. The molecule has 9 heteroatoms. The molecule has 1 N–H and O–H groups in total. The molecule has 152 valence electrons. The highest BCUT2D eigenvalue weighted by Crippen LogP contribution is 2.31. The van der Waals surface area contributed by atoms with Crippen molar-refractivity contribution in [3.63, 3.8) is 0 Å². The summed E-state index contributed by atoms with van der Waals surface area (Å²) in [4.78, 5) is 15.7. The van der Waals surface area contributed by atoms with E-state index in [0.29, 0.717) is 18.4 Å². The van der Waals surface area contributed by atoms with Gasteiger partial charge in [-0.25, -0.2) is 9.97 Å². The lowest BCUT2D eigenvalue weighted by molar-refractivity contribution is 0.191. The molecule has 0 aromatic carbocycles. The Morgan fingerprint density at radius 2 is 1.93 bits per heavy atom. The number of anilines is 2. The molecule has 2 aliphatic rings. The summed E-state index contributed by atoms with van der Waals surface area (Å²) in [6.45, 7) is 5.13. The van der Waals surface area contributed by atoms with E-state index in [1.54, 1.807) is 6.33 Å². The monoisotopic (exact) mass is 387 g/mol. The van der Waals surface area contributed by atoms with E-state index in [-0.39, 0.29) is 12.1 Å². The molecule has 4 rings (SSSR count). The van der Waals surface area contributed by atoms with Gasteiger partial charge in [0.25, 0.3) is 0 Å². The van der Waals surface area contributed by atoms with Crippen LogP contribution in [-0.2, 0) is 0 Å². The van der Waals surface area contributed by atoms with E-state index in [4.69, 9.17) is 4.42 Å². The average molecular weight is 387 g/mol. The van der Waals surface area contributed by atoms with Crippen LogP contribution in [0.4, 0.5) is 11.6 Å². The lowest BCUT2D eigenvalue weighted by atomic mass is 9.97. The van der Waals surface area contributed by atoms with Gasteiger partial charge >= 0.3 is 0 Å². The highest BCUT2D eigenvalue weighted by Gasteiger charge is 2.33. The van der Waals surface area contributed by atoms with Crippen molar-refractivity contribution < 1.29 is 9.52 Å². The van der Waals surface area contributed by atoms with Gasteiger partial charge in [0.2, 0.25) is 11.8 Å². The SMILES string of the molecule is Cc1nnc(C2CCN(c3cc(N4C[C@H](O)C[C@@H]4CN(C)C)ncn3)CC2)o1. The average Bonchev–Trinajstić information content (AvgIpc) is 3.27. The van der Waals surface area contributed by atoms with Gasteiger partial charge in [0.15, 0.2) is 0 Å². The van der Waals surface area contributed by atoms with Gasteiger partial charge in [0.05, 0.1) is 6.10 Å². The van der Waals surface area contributed by atoms with Gasteiger partial charge < -0.3 is 24.2 Å². The lowest BCUT2D eigenvalue weighted by Crippen LogP contribution is -2.38. The molecular formula is C19H29N7O2. The summed E-state index contributed by atoms with van der Waals surface area (Å²) in [6, 6.07) is 2.32. The summed E-state index contributed by atoms with van der Waals surface area (Å²) in [5, 5.41) is 18.3. The topological polar surface area (TPSA) is 94.7 Å². The predicted molar refractivity (Wildman–Crippen MR) is 106 cm³/mol. The minimum Gasteiger partial charge on any atom is -0.425 e. The number of hydrogen-bond acceptors (Lipinski definition) is 9. The largest absolute Gasteiger partial charge is 0.425 e. The van der Waals surface area contributed by atoms with Crippen molar-refractivity contribution >= 4 is 11.6 Å². The number of piperidine rings is 1. The molecule has 2 saturated heterocycles. The molecular weight excluding hydrogens is 358 g/mol. The fraction of sp³-hybridized carbons (Fsp3) is 0.684. The van der Waals surface area contributed by atoms with Gasteiger partial charge in [-0.2, -0.15) is 0 Å². The molecule has 9 nitrogen and oxygen atoms in total. The highest BCUT2D eigenvalue weighted by molar-refractivity contribution is 5.52. The van der Waals surface area contributed by atoms with Crippen molar-refractivity contribution in [2.45, 2.75) is 44.2 Å². The lowest BCUT2D eigenvalue weighted by Gasteiger charge is -2.32. The molecule has 2 aromatic heterocycles. The van der Waals surface area contributed by atoms with Gasteiger partial charge in [0.1, 0.15) is 18.0 Å². The zero-order chi connectivity index (χ0) is 19.7. The van der Waals surface area contributed by atoms with Gasteiger partial charge in [0, 0.05) is 51.1 Å². The summed E-state index contributed by atoms with van der Waals surface area (Å²) < 4.78 is 5.60. The van der Waals surface area contributed by atoms with E-state index >= 15 is 0 Å². The second kappa shape index (κ2) is 8.00. The Balaban J connectivity index is 1.44. The van der Waals surface area contributed by atoms with E-state index < -0.39 is 0 Å². The fourth-order valence-electron chi connectivity index (χ4n) is 4.27. The van der Waals surface area contributed by atoms with E-state index in [1.165, 1.54) is 0 Å². The quantitative estimate of drug-likeness (QED) is 0.808. The maximum atomic E-state index is 10.2. The first-order valence-electron chi connectivity index (χ1n) is 9.96. The number of β-amino-alcohol motifs (C(OH)–C–C–N with tert-alkyl or cyclic N) is 1. The van der Waals surface area contributed by atoms with Crippen molar-refractivity contribution in [3.8, 4) is 0 Å². The molecule has 0 bridgehead atoms. The third-order valence-corrected chi connectivity index (χ3v) is 5.61. The van der Waals surface area contributed by atoms with Gasteiger partial charge in [-0.15, -0.1) is 10.2 Å². The maximum Gasteiger partial charge on any atom is 0.219 e. The van der Waals surface area contributed by atoms with E-state index in [1.807, 2.05) is 6.92 Å². The number of likely N-dealkylation sites (N-methyl/N-ethyl adjacent to an activating group) is 1. The molecule has 0 saturated carbocycles. The van der Waals surface area contributed by atoms with E-state index in [2.05, 4.69) is 55.0 Å². The molecule has 4 heterocycles. The van der Waals surface area contributed by atoms with Gasteiger partial charge in [-0.1, -0.05) is 0 Å². The van der Waals surface area contributed by atoms with Crippen LogP contribution in [0.2, 0.25) is 0 Å². The third kappa shape index (κ3) is 4.10. The molecule has 28 heavy (non-hydrogen) atoms. The van der Waals surface area contributed by atoms with Crippen molar-refractivity contribution in [2.24, 2.45) is 0 Å². The van der Waals surface area contributed by atoms with Crippen LogP contribution in [0, 0.1) is 6.92 Å². The second-order valence-electron chi connectivity index (χ2n) is 8.11. The van der Waals surface area contributed by atoms with E-state index in [0.717, 1.165) is 56.4 Å². The first kappa shape index (κ1) is 19.1. The van der Waals surface area contributed by atoms with Crippen LogP contribution in [0.15, 0.2) is 16.8 Å². The van der Waals surface area contributed by atoms with Crippen LogP contribution >= 0.6 is 0 Å². The normalized spacial score (nSPS) is 23.8. The molecule has 2 fully saturated rings. The zero-order valence-electron chi connectivity index (χ0n) is 16.8. The summed E-state index contributed by atoms with van der Waals surface area (Å²) in [5.74, 6) is 3.52. The first-order valence-corrected chi connectivity index (χ1v) is 9.96. The van der Waals surface area contributed by atoms with Crippen LogP contribution < -0.4 is 9.80 Å². The fourth-order valence-corrected chi connectivity index (χ4v) is 4.27. The Morgan fingerprint density at radius 1 is 1.18 bits per heavy atom. The van der Waals surface area contributed by atoms with Crippen LogP contribution in [0.25, 0.3) is 0 Å². The molecule has 2 aromatic rings. The van der Waals surface area contributed by atoms with Crippen molar-refractivity contribution in [1.82, 2.24) is 25.1 Å². The van der Waals surface area contributed by atoms with Crippen LogP contribution in [0.1, 0.15) is 37.0 Å². The summed E-state index contributed by atoms with van der Waals surface area (Å²) in [5.41, 5.74) is 0. The van der Waals surface area contributed by atoms with Crippen LogP contribution in [0.5, 0.6) is 0 Å². The minimum absolute atomic E-state index is 0.263. The predicted octanol–water partition coefficient (Wildman–Crippen LogP) is 1.05. The number of rotatable bonds is 5. The molecule has 0 spiro atoms. The van der Waals surface area contributed by atoms with Crippen molar-refractivity contribution in [2.75, 3.05) is 50.1 Å². The Bertz CT molecular complexity index is 788. The Morgan fingerprint density at radius 3 is 2.61 bits per heavy atom. The minimum atomic E-state index is -0.308. The van der Waals surface area contributed by atoms with E-state index in [9.17, 15) is 5.11 Å². The Labute approximate surface area is 165 Å². The third-order valence-electron chi connectivity index (χ3n) is 5.61. The van der Waals surface area contributed by atoms with Gasteiger partial charge in [-0.05, 0) is 33.4 Å². The number of aromatic nitrogens is 4. The second-order valence-corrected chi connectivity index (χ2v) is 8.11. The number of nitrogens with zero attached hydrogens (tertiary/aromatic N) is 7. The Kier molecular flexibility index (Phi) is 5.45. The van der Waals surface area contributed by atoms with Crippen molar-refractivity contribution in [1.29, 1.82) is 0 Å².